The minimum absolute atomic E-state index is 0.111. The van der Waals surface area contributed by atoms with Crippen LogP contribution in [-0.2, 0) is 16.1 Å². The van der Waals surface area contributed by atoms with Gasteiger partial charge in [0.2, 0.25) is 0 Å². The van der Waals surface area contributed by atoms with Gasteiger partial charge in [0, 0.05) is 0 Å². The highest BCUT2D eigenvalue weighted by Gasteiger charge is 2.24. The number of thioether (sulfide) groups is 1. The molecule has 1 amide bonds. The number of carbonyl (C=O) groups is 2. The van der Waals surface area contributed by atoms with E-state index in [0.29, 0.717) is 29.1 Å². The average Bonchev–Trinajstić information content (AvgIpc) is 2.74. The maximum absolute atomic E-state index is 13.8. The van der Waals surface area contributed by atoms with Gasteiger partial charge in [-0.3, -0.25) is 4.79 Å². The Kier molecular flexibility index (Phi) is 8.79. The molecule has 0 aliphatic heterocycles. The van der Waals surface area contributed by atoms with E-state index >= 15 is 0 Å². The lowest BCUT2D eigenvalue weighted by Crippen LogP contribution is -2.42. The Labute approximate surface area is 173 Å². The van der Waals surface area contributed by atoms with Crippen LogP contribution >= 0.6 is 11.8 Å². The topological polar surface area (TPSA) is 73.9 Å². The number of ether oxygens (including phenoxy) is 3. The minimum atomic E-state index is -0.831. The Bertz CT molecular complexity index is 846. The molecule has 6 nitrogen and oxygen atoms in total. The van der Waals surface area contributed by atoms with Crippen molar-refractivity contribution in [1.29, 1.82) is 0 Å². The van der Waals surface area contributed by atoms with Crippen LogP contribution in [0.15, 0.2) is 42.5 Å². The third-order valence-electron chi connectivity index (χ3n) is 4.15. The summed E-state index contributed by atoms with van der Waals surface area (Å²) >= 11 is 1.55. The average molecular weight is 421 g/mol. The van der Waals surface area contributed by atoms with Crippen molar-refractivity contribution in [2.45, 2.75) is 19.1 Å². The largest absolute Gasteiger partial charge is 0.496 e. The van der Waals surface area contributed by atoms with Crippen molar-refractivity contribution in [3.63, 3.8) is 0 Å². The van der Waals surface area contributed by atoms with Gasteiger partial charge in [0.05, 0.1) is 19.8 Å². The number of nitrogens with one attached hydrogen (secondary N) is 1. The van der Waals surface area contributed by atoms with E-state index in [1.807, 2.05) is 6.26 Å². The van der Waals surface area contributed by atoms with E-state index in [1.165, 1.54) is 26.4 Å². The van der Waals surface area contributed by atoms with E-state index in [2.05, 4.69) is 5.32 Å². The SMILES string of the molecule is COc1ccc(COC(=O)[C@@H](CCSC)NC(=O)c2ccccc2OC)cc1F. The van der Waals surface area contributed by atoms with Crippen molar-refractivity contribution in [3.8, 4) is 11.5 Å². The fourth-order valence-corrected chi connectivity index (χ4v) is 3.08. The summed E-state index contributed by atoms with van der Waals surface area (Å²) < 4.78 is 29.2. The molecule has 1 N–H and O–H groups in total. The summed E-state index contributed by atoms with van der Waals surface area (Å²) in [5, 5.41) is 2.71. The van der Waals surface area contributed by atoms with Gasteiger partial charge in [0.1, 0.15) is 18.4 Å². The van der Waals surface area contributed by atoms with Gasteiger partial charge in [0.25, 0.3) is 5.91 Å². The number of rotatable bonds is 10. The first-order valence-electron chi connectivity index (χ1n) is 8.92. The molecule has 0 aliphatic rings. The van der Waals surface area contributed by atoms with Gasteiger partial charge in [-0.25, -0.2) is 9.18 Å². The Morgan fingerprint density at radius 2 is 1.83 bits per heavy atom. The maximum atomic E-state index is 13.8. The van der Waals surface area contributed by atoms with Crippen LogP contribution in [0.2, 0.25) is 0 Å². The van der Waals surface area contributed by atoms with E-state index in [-0.39, 0.29) is 12.4 Å². The van der Waals surface area contributed by atoms with E-state index in [1.54, 1.807) is 42.1 Å². The normalized spacial score (nSPS) is 11.4. The summed E-state index contributed by atoms with van der Waals surface area (Å²) in [4.78, 5) is 25.2. The summed E-state index contributed by atoms with van der Waals surface area (Å²) in [6.45, 7) is -0.111. The maximum Gasteiger partial charge on any atom is 0.329 e. The highest BCUT2D eigenvalue weighted by atomic mass is 32.2. The van der Waals surface area contributed by atoms with Gasteiger partial charge >= 0.3 is 5.97 Å². The third kappa shape index (κ3) is 6.39. The molecule has 0 saturated carbocycles. The molecule has 0 aliphatic carbocycles. The first kappa shape index (κ1) is 22.5. The lowest BCUT2D eigenvalue weighted by molar-refractivity contribution is -0.147. The van der Waals surface area contributed by atoms with Crippen LogP contribution in [-0.4, -0.2) is 44.1 Å². The van der Waals surface area contributed by atoms with Crippen molar-refractivity contribution >= 4 is 23.6 Å². The second-order valence-electron chi connectivity index (χ2n) is 6.08. The van der Waals surface area contributed by atoms with Crippen LogP contribution in [0, 0.1) is 5.82 Å². The molecule has 2 aromatic carbocycles. The highest BCUT2D eigenvalue weighted by Crippen LogP contribution is 2.19. The summed E-state index contributed by atoms with van der Waals surface area (Å²) in [6.07, 6.45) is 2.31. The van der Waals surface area contributed by atoms with Crippen LogP contribution < -0.4 is 14.8 Å². The quantitative estimate of drug-likeness (QED) is 0.593. The number of methoxy groups -OCH3 is 2. The molecule has 0 spiro atoms. The predicted molar refractivity (Wildman–Crippen MR) is 110 cm³/mol. The zero-order valence-corrected chi connectivity index (χ0v) is 17.4. The van der Waals surface area contributed by atoms with E-state index in [0.717, 1.165) is 0 Å². The number of benzene rings is 2. The molecule has 0 fully saturated rings. The second-order valence-corrected chi connectivity index (χ2v) is 7.07. The number of hydrogen-bond donors (Lipinski definition) is 1. The molecule has 0 radical (unpaired) electrons. The molecule has 156 valence electrons. The van der Waals surface area contributed by atoms with E-state index < -0.39 is 23.7 Å². The van der Waals surface area contributed by atoms with E-state index in [9.17, 15) is 14.0 Å². The van der Waals surface area contributed by atoms with Crippen LogP contribution in [0.1, 0.15) is 22.3 Å². The Morgan fingerprint density at radius 1 is 1.10 bits per heavy atom. The van der Waals surface area contributed by atoms with Gasteiger partial charge in [-0.2, -0.15) is 11.8 Å². The van der Waals surface area contributed by atoms with Crippen LogP contribution in [0.3, 0.4) is 0 Å². The number of para-hydroxylation sites is 1. The first-order chi connectivity index (χ1) is 14.0. The van der Waals surface area contributed by atoms with Crippen molar-refractivity contribution in [2.24, 2.45) is 0 Å². The van der Waals surface area contributed by atoms with Crippen molar-refractivity contribution < 1.29 is 28.2 Å². The predicted octanol–water partition coefficient (Wildman–Crippen LogP) is 3.44. The summed E-state index contributed by atoms with van der Waals surface area (Å²) in [5.41, 5.74) is 0.811. The lowest BCUT2D eigenvalue weighted by atomic mass is 10.1. The fourth-order valence-electron chi connectivity index (χ4n) is 2.61. The Hall–Kier alpha value is -2.74. The van der Waals surface area contributed by atoms with Crippen LogP contribution in [0.25, 0.3) is 0 Å². The van der Waals surface area contributed by atoms with Crippen molar-refractivity contribution in [2.75, 3.05) is 26.2 Å². The monoisotopic (exact) mass is 421 g/mol. The fraction of sp³-hybridized carbons (Fsp3) is 0.333. The van der Waals surface area contributed by atoms with Gasteiger partial charge in [-0.1, -0.05) is 18.2 Å². The molecule has 0 heterocycles. The molecule has 29 heavy (non-hydrogen) atoms. The number of amides is 1. The summed E-state index contributed by atoms with van der Waals surface area (Å²) in [5.74, 6) is -0.370. The number of hydrogen-bond acceptors (Lipinski definition) is 6. The Morgan fingerprint density at radius 3 is 2.48 bits per heavy atom. The highest BCUT2D eigenvalue weighted by molar-refractivity contribution is 7.98. The molecule has 2 rings (SSSR count). The molecule has 0 unspecified atom stereocenters. The van der Waals surface area contributed by atoms with Crippen molar-refractivity contribution in [3.05, 3.63) is 59.4 Å². The summed E-state index contributed by atoms with van der Waals surface area (Å²) in [7, 11) is 2.85. The molecule has 8 heteroatoms. The first-order valence-corrected chi connectivity index (χ1v) is 10.3. The summed E-state index contributed by atoms with van der Waals surface area (Å²) in [6, 6.07) is 10.2. The molecule has 1 atom stereocenters. The van der Waals surface area contributed by atoms with Gasteiger partial charge in [-0.05, 0) is 48.3 Å². The molecular weight excluding hydrogens is 397 g/mol. The Balaban J connectivity index is 2.05. The zero-order chi connectivity index (χ0) is 21.2. The van der Waals surface area contributed by atoms with E-state index in [4.69, 9.17) is 14.2 Å². The van der Waals surface area contributed by atoms with Gasteiger partial charge in [-0.15, -0.1) is 0 Å². The van der Waals surface area contributed by atoms with Crippen LogP contribution in [0.4, 0.5) is 4.39 Å². The van der Waals surface area contributed by atoms with Gasteiger partial charge < -0.3 is 19.5 Å². The third-order valence-corrected chi connectivity index (χ3v) is 4.79. The molecule has 0 saturated heterocycles. The molecule has 2 aromatic rings. The minimum Gasteiger partial charge on any atom is -0.496 e. The standard InChI is InChI=1S/C21H24FNO5S/c1-26-18-7-5-4-6-15(18)20(24)23-17(10-11-29-3)21(25)28-13-14-8-9-19(27-2)16(22)12-14/h4-9,12,17H,10-11,13H2,1-3H3,(H,23,24)/t17-/m1/s1. The lowest BCUT2D eigenvalue weighted by Gasteiger charge is -2.18. The van der Waals surface area contributed by atoms with Gasteiger partial charge in [0.15, 0.2) is 11.6 Å². The second kappa shape index (κ2) is 11.3. The number of carbonyl (C=O) groups excluding carboxylic acids is 2. The van der Waals surface area contributed by atoms with Crippen molar-refractivity contribution in [1.82, 2.24) is 5.32 Å². The molecule has 0 bridgehead atoms. The molecular formula is C21H24FNO5S. The van der Waals surface area contributed by atoms with Crippen LogP contribution in [0.5, 0.6) is 11.5 Å². The zero-order valence-electron chi connectivity index (χ0n) is 16.6. The number of esters is 1. The molecule has 0 aromatic heterocycles. The number of halogens is 1. The smallest absolute Gasteiger partial charge is 0.329 e.